The second kappa shape index (κ2) is 5.78. The summed E-state index contributed by atoms with van der Waals surface area (Å²) in [6.07, 6.45) is 4.63. The van der Waals surface area contributed by atoms with Crippen molar-refractivity contribution in [3.05, 3.63) is 30.0 Å². The van der Waals surface area contributed by atoms with E-state index in [1.54, 1.807) is 0 Å². The van der Waals surface area contributed by atoms with Gasteiger partial charge in [0.2, 0.25) is 0 Å². The number of ether oxygens (including phenoxy) is 1. The summed E-state index contributed by atoms with van der Waals surface area (Å²) >= 11 is 0. The van der Waals surface area contributed by atoms with E-state index in [9.17, 15) is 0 Å². The molecule has 2 atom stereocenters. The maximum absolute atomic E-state index is 6.30. The lowest BCUT2D eigenvalue weighted by atomic mass is 9.79. The fourth-order valence-electron chi connectivity index (χ4n) is 3.60. The van der Waals surface area contributed by atoms with Crippen molar-refractivity contribution >= 4 is 10.9 Å². The van der Waals surface area contributed by atoms with Crippen LogP contribution < -0.4 is 5.73 Å². The summed E-state index contributed by atoms with van der Waals surface area (Å²) in [7, 11) is 1.98. The van der Waals surface area contributed by atoms with Gasteiger partial charge < -0.3 is 10.5 Å². The van der Waals surface area contributed by atoms with Gasteiger partial charge in [0.1, 0.15) is 0 Å². The molecule has 21 heavy (non-hydrogen) atoms. The molecule has 1 aromatic carbocycles. The van der Waals surface area contributed by atoms with Crippen molar-refractivity contribution in [2.45, 2.75) is 44.8 Å². The van der Waals surface area contributed by atoms with Crippen molar-refractivity contribution in [1.82, 2.24) is 9.78 Å². The molecular formula is C17H25N3O. The number of nitrogens with two attached hydrogens (primary N) is 1. The molecule has 0 aliphatic heterocycles. The highest BCUT2D eigenvalue weighted by Gasteiger charge is 2.35. The Kier molecular flexibility index (Phi) is 4.00. The van der Waals surface area contributed by atoms with E-state index in [2.05, 4.69) is 30.2 Å². The molecule has 1 fully saturated rings. The quantitative estimate of drug-likeness (QED) is 0.940. The Bertz CT molecular complexity index is 622. The number of rotatable bonds is 4. The highest BCUT2D eigenvalue weighted by Crippen LogP contribution is 2.35. The molecule has 1 aromatic heterocycles. The molecule has 1 aliphatic rings. The van der Waals surface area contributed by atoms with Crippen LogP contribution in [0.3, 0.4) is 0 Å². The maximum atomic E-state index is 6.30. The predicted molar refractivity (Wildman–Crippen MR) is 84.9 cm³/mol. The fraction of sp³-hybridized carbons (Fsp3) is 0.588. The molecule has 0 radical (unpaired) electrons. The lowest BCUT2D eigenvalue weighted by Crippen LogP contribution is -2.44. The Morgan fingerprint density at radius 3 is 3.00 bits per heavy atom. The van der Waals surface area contributed by atoms with Crippen LogP contribution in [0.1, 0.15) is 38.3 Å². The van der Waals surface area contributed by atoms with E-state index in [1.807, 2.05) is 17.8 Å². The summed E-state index contributed by atoms with van der Waals surface area (Å²) in [5.74, 6) is 0.697. The van der Waals surface area contributed by atoms with Gasteiger partial charge in [-0.1, -0.05) is 38.0 Å². The number of aryl methyl sites for hydroxylation is 1. The van der Waals surface area contributed by atoms with E-state index in [-0.39, 0.29) is 5.60 Å². The lowest BCUT2D eigenvalue weighted by molar-refractivity contribution is -0.0847. The zero-order valence-electron chi connectivity index (χ0n) is 13.0. The Hall–Kier alpha value is -1.39. The van der Waals surface area contributed by atoms with Crippen LogP contribution in [0, 0.1) is 5.92 Å². The van der Waals surface area contributed by atoms with Crippen LogP contribution in [0.4, 0.5) is 0 Å². The second-order valence-corrected chi connectivity index (χ2v) is 6.46. The molecule has 0 bridgehead atoms. The van der Waals surface area contributed by atoms with E-state index < -0.39 is 0 Å². The smallest absolute Gasteiger partial charge is 0.0960 e. The molecule has 1 heterocycles. The molecule has 2 aromatic rings. The molecule has 4 heteroatoms. The topological polar surface area (TPSA) is 53.1 Å². The van der Waals surface area contributed by atoms with Crippen LogP contribution in [0.5, 0.6) is 0 Å². The Labute approximate surface area is 126 Å². The van der Waals surface area contributed by atoms with Crippen LogP contribution in [0.15, 0.2) is 24.3 Å². The average molecular weight is 287 g/mol. The molecule has 0 saturated heterocycles. The highest BCUT2D eigenvalue weighted by atomic mass is 16.5. The Morgan fingerprint density at radius 1 is 1.43 bits per heavy atom. The Morgan fingerprint density at radius 2 is 2.24 bits per heavy atom. The monoisotopic (exact) mass is 287 g/mol. The lowest BCUT2D eigenvalue weighted by Gasteiger charge is -2.39. The van der Waals surface area contributed by atoms with Gasteiger partial charge in [-0.05, 0) is 24.8 Å². The molecule has 1 saturated carbocycles. The van der Waals surface area contributed by atoms with Crippen molar-refractivity contribution in [1.29, 1.82) is 0 Å². The highest BCUT2D eigenvalue weighted by molar-refractivity contribution is 5.81. The number of nitrogens with zero attached hydrogens (tertiary/aromatic N) is 2. The fourth-order valence-corrected chi connectivity index (χ4v) is 3.60. The number of hydrogen-bond donors (Lipinski definition) is 1. The molecular weight excluding hydrogens is 262 g/mol. The summed E-state index contributed by atoms with van der Waals surface area (Å²) < 4.78 is 8.22. The minimum atomic E-state index is -0.156. The predicted octanol–water partition coefficient (Wildman–Crippen LogP) is 3.00. The van der Waals surface area contributed by atoms with E-state index in [0.29, 0.717) is 19.1 Å². The number of hydrogen-bond acceptors (Lipinski definition) is 3. The molecule has 3 rings (SSSR count). The third-order valence-electron chi connectivity index (χ3n) is 4.77. The van der Waals surface area contributed by atoms with Gasteiger partial charge in [-0.15, -0.1) is 0 Å². The first kappa shape index (κ1) is 14.5. The zero-order chi connectivity index (χ0) is 14.9. The van der Waals surface area contributed by atoms with E-state index in [1.165, 1.54) is 18.2 Å². The van der Waals surface area contributed by atoms with Crippen LogP contribution in [0.2, 0.25) is 0 Å². The molecule has 2 unspecified atom stereocenters. The standard InChI is InChI=1S/C17H25N3O/c1-13-6-5-9-17(10-13,12-18)21-11-15-14-7-3-4-8-16(14)20(2)19-15/h3-4,7-8,13H,5-6,9-12,18H2,1-2H3. The van der Waals surface area contributed by atoms with E-state index >= 15 is 0 Å². The first-order chi connectivity index (χ1) is 10.1. The van der Waals surface area contributed by atoms with Gasteiger partial charge in [0, 0.05) is 19.0 Å². The molecule has 114 valence electrons. The third kappa shape index (κ3) is 2.83. The number of aromatic nitrogens is 2. The summed E-state index contributed by atoms with van der Waals surface area (Å²) in [5, 5.41) is 5.79. The first-order valence-electron chi connectivity index (χ1n) is 7.88. The third-order valence-corrected chi connectivity index (χ3v) is 4.77. The van der Waals surface area contributed by atoms with Crippen LogP contribution in [-0.2, 0) is 18.4 Å². The van der Waals surface area contributed by atoms with Gasteiger partial charge in [0.25, 0.3) is 0 Å². The average Bonchev–Trinajstić information content (AvgIpc) is 2.82. The van der Waals surface area contributed by atoms with E-state index in [4.69, 9.17) is 10.5 Å². The zero-order valence-corrected chi connectivity index (χ0v) is 13.0. The number of fused-ring (bicyclic) bond motifs is 1. The Balaban J connectivity index is 1.79. The minimum Gasteiger partial charge on any atom is -0.367 e. The van der Waals surface area contributed by atoms with Gasteiger partial charge in [0.15, 0.2) is 0 Å². The van der Waals surface area contributed by atoms with Crippen molar-refractivity contribution < 1.29 is 4.74 Å². The molecule has 0 amide bonds. The summed E-state index contributed by atoms with van der Waals surface area (Å²) in [5.41, 5.74) is 8.04. The van der Waals surface area contributed by atoms with Gasteiger partial charge >= 0.3 is 0 Å². The van der Waals surface area contributed by atoms with Crippen molar-refractivity contribution in [2.24, 2.45) is 18.7 Å². The molecule has 1 aliphatic carbocycles. The molecule has 2 N–H and O–H groups in total. The van der Waals surface area contributed by atoms with Crippen molar-refractivity contribution in [2.75, 3.05) is 6.54 Å². The largest absolute Gasteiger partial charge is 0.367 e. The summed E-state index contributed by atoms with van der Waals surface area (Å²) in [6, 6.07) is 8.29. The van der Waals surface area contributed by atoms with Gasteiger partial charge in [-0.25, -0.2) is 0 Å². The van der Waals surface area contributed by atoms with Gasteiger partial charge in [-0.3, -0.25) is 4.68 Å². The molecule has 4 nitrogen and oxygen atoms in total. The maximum Gasteiger partial charge on any atom is 0.0960 e. The normalized spacial score (nSPS) is 26.3. The van der Waals surface area contributed by atoms with Crippen molar-refractivity contribution in [3.8, 4) is 0 Å². The first-order valence-corrected chi connectivity index (χ1v) is 7.88. The minimum absolute atomic E-state index is 0.156. The van der Waals surface area contributed by atoms with E-state index in [0.717, 1.165) is 24.1 Å². The van der Waals surface area contributed by atoms with Gasteiger partial charge in [0.05, 0.1) is 23.4 Å². The number of para-hydroxylation sites is 1. The number of benzene rings is 1. The van der Waals surface area contributed by atoms with Crippen LogP contribution in [0.25, 0.3) is 10.9 Å². The summed E-state index contributed by atoms with van der Waals surface area (Å²) in [4.78, 5) is 0. The summed E-state index contributed by atoms with van der Waals surface area (Å²) in [6.45, 7) is 3.44. The SMILES string of the molecule is CC1CCCC(CN)(OCc2nn(C)c3ccccc23)C1. The second-order valence-electron chi connectivity index (χ2n) is 6.46. The van der Waals surface area contributed by atoms with Gasteiger partial charge in [-0.2, -0.15) is 5.10 Å². The van der Waals surface area contributed by atoms with Crippen LogP contribution in [-0.4, -0.2) is 21.9 Å². The molecule has 0 spiro atoms. The van der Waals surface area contributed by atoms with Crippen molar-refractivity contribution in [3.63, 3.8) is 0 Å². The van der Waals surface area contributed by atoms with Crippen LogP contribution >= 0.6 is 0 Å².